The fourth-order valence-electron chi connectivity index (χ4n) is 1.18. The zero-order valence-corrected chi connectivity index (χ0v) is 11.4. The molecule has 0 aliphatic rings. The smallest absolute Gasteiger partial charge is 0.323 e. The van der Waals surface area contributed by atoms with E-state index in [4.69, 9.17) is 10.5 Å². The molecule has 0 spiro atoms. The van der Waals surface area contributed by atoms with Crippen LogP contribution in [0.25, 0.3) is 0 Å². The van der Waals surface area contributed by atoms with E-state index >= 15 is 0 Å². The Labute approximate surface area is 112 Å². The van der Waals surface area contributed by atoms with Gasteiger partial charge >= 0.3 is 6.01 Å². The number of amides is 1. The van der Waals surface area contributed by atoms with E-state index in [1.165, 1.54) is 0 Å². The van der Waals surface area contributed by atoms with E-state index in [2.05, 4.69) is 25.6 Å². The molecule has 19 heavy (non-hydrogen) atoms. The molecule has 0 radical (unpaired) electrons. The minimum absolute atomic E-state index is 0.0433. The van der Waals surface area contributed by atoms with Gasteiger partial charge in [-0.15, -0.1) is 0 Å². The summed E-state index contributed by atoms with van der Waals surface area (Å²) < 4.78 is 5.42. The molecule has 0 unspecified atom stereocenters. The summed E-state index contributed by atoms with van der Waals surface area (Å²) >= 11 is 0. The second-order valence-electron chi connectivity index (χ2n) is 4.18. The van der Waals surface area contributed by atoms with Crippen LogP contribution in [0.5, 0.6) is 6.01 Å². The van der Waals surface area contributed by atoms with Crippen LogP contribution < -0.4 is 21.1 Å². The molecule has 0 fully saturated rings. The fraction of sp³-hybridized carbons (Fsp3) is 0.636. The average Bonchev–Trinajstić information content (AvgIpc) is 2.33. The van der Waals surface area contributed by atoms with Crippen molar-refractivity contribution >= 4 is 17.8 Å². The zero-order chi connectivity index (χ0) is 14.3. The predicted molar refractivity (Wildman–Crippen MR) is 72.1 cm³/mol. The van der Waals surface area contributed by atoms with Crippen molar-refractivity contribution in [3.63, 3.8) is 0 Å². The summed E-state index contributed by atoms with van der Waals surface area (Å²) in [7, 11) is 0. The summed E-state index contributed by atoms with van der Waals surface area (Å²) in [6, 6.07) is 0.204. The number of carbonyl (C=O) groups excluding carboxylic acids is 1. The van der Waals surface area contributed by atoms with E-state index in [0.717, 1.165) is 13.0 Å². The molecular formula is C11H20N6O2. The van der Waals surface area contributed by atoms with E-state index in [-0.39, 0.29) is 24.6 Å². The minimum Gasteiger partial charge on any atom is -0.461 e. The number of hydrogen-bond acceptors (Lipinski definition) is 7. The van der Waals surface area contributed by atoms with Crippen molar-refractivity contribution in [1.82, 2.24) is 15.0 Å². The maximum atomic E-state index is 10.7. The van der Waals surface area contributed by atoms with Gasteiger partial charge in [0.1, 0.15) is 0 Å². The quantitative estimate of drug-likeness (QED) is 0.624. The van der Waals surface area contributed by atoms with Gasteiger partial charge in [-0.1, -0.05) is 6.92 Å². The van der Waals surface area contributed by atoms with Gasteiger partial charge in [0.2, 0.25) is 17.8 Å². The van der Waals surface area contributed by atoms with E-state index < -0.39 is 5.91 Å². The van der Waals surface area contributed by atoms with Gasteiger partial charge < -0.3 is 21.1 Å². The maximum absolute atomic E-state index is 10.7. The third-order valence-electron chi connectivity index (χ3n) is 1.91. The normalized spacial score (nSPS) is 10.3. The van der Waals surface area contributed by atoms with Crippen LogP contribution in [0.15, 0.2) is 0 Å². The van der Waals surface area contributed by atoms with Crippen molar-refractivity contribution in [3.05, 3.63) is 0 Å². The summed E-state index contributed by atoms with van der Waals surface area (Å²) in [5, 5.41) is 5.76. The topological polar surface area (TPSA) is 115 Å². The molecule has 0 saturated carbocycles. The first-order valence-electron chi connectivity index (χ1n) is 6.20. The Hall–Kier alpha value is -2.12. The van der Waals surface area contributed by atoms with Gasteiger partial charge in [-0.25, -0.2) is 0 Å². The number of primary amides is 1. The summed E-state index contributed by atoms with van der Waals surface area (Å²) in [5.41, 5.74) is 5.06. The van der Waals surface area contributed by atoms with E-state index in [9.17, 15) is 4.79 Å². The van der Waals surface area contributed by atoms with Crippen molar-refractivity contribution in [2.75, 3.05) is 23.7 Å². The Morgan fingerprint density at radius 1 is 1.26 bits per heavy atom. The van der Waals surface area contributed by atoms with Crippen LogP contribution in [0.4, 0.5) is 11.9 Å². The van der Waals surface area contributed by atoms with Crippen molar-refractivity contribution < 1.29 is 9.53 Å². The first-order valence-corrected chi connectivity index (χ1v) is 6.20. The molecule has 1 heterocycles. The molecule has 1 aromatic rings. The number of nitrogens with zero attached hydrogens (tertiary/aromatic N) is 3. The monoisotopic (exact) mass is 268 g/mol. The van der Waals surface area contributed by atoms with Gasteiger partial charge in [0.15, 0.2) is 0 Å². The van der Waals surface area contributed by atoms with E-state index in [1.54, 1.807) is 0 Å². The molecule has 0 aromatic carbocycles. The van der Waals surface area contributed by atoms with Crippen molar-refractivity contribution in [2.45, 2.75) is 33.3 Å². The first-order chi connectivity index (χ1) is 9.01. The third-order valence-corrected chi connectivity index (χ3v) is 1.91. The SMILES string of the molecule is CCCNc1nc(NCC(N)=O)nc(OC(C)C)n1. The molecule has 0 aliphatic carbocycles. The zero-order valence-electron chi connectivity index (χ0n) is 11.4. The highest BCUT2D eigenvalue weighted by molar-refractivity contribution is 5.78. The van der Waals surface area contributed by atoms with Gasteiger partial charge in [0, 0.05) is 6.54 Å². The number of rotatable bonds is 8. The summed E-state index contributed by atoms with van der Waals surface area (Å²) in [5.74, 6) is 0.164. The Morgan fingerprint density at radius 3 is 2.42 bits per heavy atom. The maximum Gasteiger partial charge on any atom is 0.323 e. The molecular weight excluding hydrogens is 248 g/mol. The molecule has 1 aromatic heterocycles. The van der Waals surface area contributed by atoms with Crippen LogP contribution in [0.1, 0.15) is 27.2 Å². The molecule has 0 saturated heterocycles. The lowest BCUT2D eigenvalue weighted by Gasteiger charge is -2.11. The standard InChI is InChI=1S/C11H20N6O2/c1-4-5-13-9-15-10(14-6-8(12)18)17-11(16-9)19-7(2)3/h7H,4-6H2,1-3H3,(H2,12,18)(H2,13,14,15,16,17). The van der Waals surface area contributed by atoms with Gasteiger partial charge in [-0.2, -0.15) is 15.0 Å². The number of hydrogen-bond donors (Lipinski definition) is 3. The Bertz CT molecular complexity index is 424. The van der Waals surface area contributed by atoms with Gasteiger partial charge in [-0.05, 0) is 20.3 Å². The van der Waals surface area contributed by atoms with Crippen molar-refractivity contribution in [1.29, 1.82) is 0 Å². The Balaban J connectivity index is 2.84. The molecule has 8 nitrogen and oxygen atoms in total. The average molecular weight is 268 g/mol. The van der Waals surface area contributed by atoms with Crippen LogP contribution >= 0.6 is 0 Å². The van der Waals surface area contributed by atoms with Gasteiger partial charge in [0.05, 0.1) is 12.6 Å². The lowest BCUT2D eigenvalue weighted by Crippen LogP contribution is -2.23. The second-order valence-corrected chi connectivity index (χ2v) is 4.18. The van der Waals surface area contributed by atoms with Crippen LogP contribution in [0.3, 0.4) is 0 Å². The van der Waals surface area contributed by atoms with Gasteiger partial charge in [0.25, 0.3) is 0 Å². The lowest BCUT2D eigenvalue weighted by molar-refractivity contribution is -0.116. The highest BCUT2D eigenvalue weighted by atomic mass is 16.5. The molecule has 0 atom stereocenters. The first kappa shape index (κ1) is 14.9. The molecule has 0 bridgehead atoms. The molecule has 1 rings (SSSR count). The number of nitrogens with two attached hydrogens (primary N) is 1. The minimum atomic E-state index is -0.491. The molecule has 4 N–H and O–H groups in total. The number of nitrogens with one attached hydrogen (secondary N) is 2. The molecule has 1 amide bonds. The summed E-state index contributed by atoms with van der Waals surface area (Å²) in [6.45, 7) is 6.48. The van der Waals surface area contributed by atoms with Crippen molar-refractivity contribution in [2.24, 2.45) is 5.73 Å². The van der Waals surface area contributed by atoms with Crippen molar-refractivity contribution in [3.8, 4) is 6.01 Å². The summed E-state index contributed by atoms with van der Waals surface area (Å²) in [4.78, 5) is 23.0. The van der Waals surface area contributed by atoms with Crippen LogP contribution in [0.2, 0.25) is 0 Å². The highest BCUT2D eigenvalue weighted by Crippen LogP contribution is 2.12. The van der Waals surface area contributed by atoms with E-state index in [1.807, 2.05) is 20.8 Å². The predicted octanol–water partition coefficient (Wildman–Crippen LogP) is 0.378. The van der Waals surface area contributed by atoms with Crippen LogP contribution in [-0.2, 0) is 4.79 Å². The number of aromatic nitrogens is 3. The lowest BCUT2D eigenvalue weighted by atomic mass is 10.5. The fourth-order valence-corrected chi connectivity index (χ4v) is 1.18. The summed E-state index contributed by atoms with van der Waals surface area (Å²) in [6.07, 6.45) is 0.890. The molecule has 106 valence electrons. The van der Waals surface area contributed by atoms with E-state index in [0.29, 0.717) is 5.95 Å². The third kappa shape index (κ3) is 5.84. The highest BCUT2D eigenvalue weighted by Gasteiger charge is 2.09. The Kier molecular flexibility index (Phi) is 5.77. The largest absolute Gasteiger partial charge is 0.461 e. The van der Waals surface area contributed by atoms with Gasteiger partial charge in [-0.3, -0.25) is 4.79 Å². The van der Waals surface area contributed by atoms with Crippen LogP contribution in [-0.4, -0.2) is 40.1 Å². The number of ether oxygens (including phenoxy) is 1. The number of carbonyl (C=O) groups is 1. The number of anilines is 2. The second kappa shape index (κ2) is 7.34. The van der Waals surface area contributed by atoms with Crippen LogP contribution in [0, 0.1) is 0 Å². The molecule has 8 heteroatoms. The molecule has 0 aliphatic heterocycles. The Morgan fingerprint density at radius 2 is 1.89 bits per heavy atom.